The van der Waals surface area contributed by atoms with E-state index in [1.54, 1.807) is 0 Å². The highest BCUT2D eigenvalue weighted by Gasteiger charge is 2.20. The molecule has 3 nitrogen and oxygen atoms in total. The summed E-state index contributed by atoms with van der Waals surface area (Å²) < 4.78 is 0. The van der Waals surface area contributed by atoms with Crippen LogP contribution in [0.4, 0.5) is 0 Å². The van der Waals surface area contributed by atoms with Crippen molar-refractivity contribution in [2.75, 3.05) is 26.7 Å². The van der Waals surface area contributed by atoms with E-state index in [-0.39, 0.29) is 5.78 Å². The predicted molar refractivity (Wildman–Crippen MR) is 78.8 cm³/mol. The summed E-state index contributed by atoms with van der Waals surface area (Å²) in [5.41, 5.74) is 3.11. The van der Waals surface area contributed by atoms with E-state index in [2.05, 4.69) is 23.3 Å². The lowest BCUT2D eigenvalue weighted by molar-refractivity contribution is 0.0903. The van der Waals surface area contributed by atoms with Gasteiger partial charge >= 0.3 is 0 Å². The van der Waals surface area contributed by atoms with Crippen LogP contribution in [0.3, 0.4) is 0 Å². The highest BCUT2D eigenvalue weighted by Crippen LogP contribution is 2.14. The summed E-state index contributed by atoms with van der Waals surface area (Å²) in [6, 6.07) is 6.64. The number of rotatable bonds is 4. The van der Waals surface area contributed by atoms with Gasteiger partial charge in [-0.15, -0.1) is 0 Å². The number of aryl methyl sites for hydroxylation is 2. The maximum Gasteiger partial charge on any atom is 0.177 e. The zero-order valence-electron chi connectivity index (χ0n) is 12.2. The van der Waals surface area contributed by atoms with E-state index in [9.17, 15) is 4.79 Å². The number of benzene rings is 1. The second-order valence-electron chi connectivity index (χ2n) is 5.64. The Labute approximate surface area is 116 Å². The summed E-state index contributed by atoms with van der Waals surface area (Å²) in [6.07, 6.45) is 2.27. The van der Waals surface area contributed by atoms with Gasteiger partial charge < -0.3 is 5.32 Å². The second kappa shape index (κ2) is 6.31. The predicted octanol–water partition coefficient (Wildman–Crippen LogP) is 2.17. The van der Waals surface area contributed by atoms with Crippen molar-refractivity contribution in [2.45, 2.75) is 32.7 Å². The minimum absolute atomic E-state index is 0.238. The van der Waals surface area contributed by atoms with Crippen LogP contribution in [0, 0.1) is 13.8 Å². The topological polar surface area (TPSA) is 32.3 Å². The first-order valence-corrected chi connectivity index (χ1v) is 7.09. The minimum Gasteiger partial charge on any atom is -0.317 e. The first-order valence-electron chi connectivity index (χ1n) is 7.09. The fourth-order valence-corrected chi connectivity index (χ4v) is 2.72. The maximum absolute atomic E-state index is 12.4. The lowest BCUT2D eigenvalue weighted by atomic mass is 10.00. The number of hydrogen-bond acceptors (Lipinski definition) is 3. The molecule has 0 spiro atoms. The van der Waals surface area contributed by atoms with Crippen molar-refractivity contribution in [3.05, 3.63) is 34.9 Å². The van der Waals surface area contributed by atoms with E-state index in [1.165, 1.54) is 0 Å². The van der Waals surface area contributed by atoms with Gasteiger partial charge in [-0.3, -0.25) is 9.69 Å². The van der Waals surface area contributed by atoms with Crippen molar-refractivity contribution < 1.29 is 4.79 Å². The van der Waals surface area contributed by atoms with Crippen LogP contribution in [-0.2, 0) is 0 Å². The highest BCUT2D eigenvalue weighted by atomic mass is 16.1. The van der Waals surface area contributed by atoms with Crippen LogP contribution < -0.4 is 5.32 Å². The molecule has 0 unspecified atom stereocenters. The third-order valence-electron chi connectivity index (χ3n) is 4.02. The molecule has 1 heterocycles. The van der Waals surface area contributed by atoms with Gasteiger partial charge in [0.05, 0.1) is 6.54 Å². The van der Waals surface area contributed by atoms with Crippen molar-refractivity contribution in [1.29, 1.82) is 0 Å². The minimum atomic E-state index is 0.238. The Hall–Kier alpha value is -1.19. The van der Waals surface area contributed by atoms with E-state index in [1.807, 2.05) is 26.0 Å². The highest BCUT2D eigenvalue weighted by molar-refractivity contribution is 5.99. The zero-order valence-corrected chi connectivity index (χ0v) is 12.2. The van der Waals surface area contributed by atoms with Crippen LogP contribution in [-0.4, -0.2) is 43.4 Å². The quantitative estimate of drug-likeness (QED) is 0.842. The number of ketones is 1. The number of carbonyl (C=O) groups is 1. The summed E-state index contributed by atoms with van der Waals surface area (Å²) in [4.78, 5) is 14.6. The molecule has 19 heavy (non-hydrogen) atoms. The Balaban J connectivity index is 2.01. The average Bonchev–Trinajstić information content (AvgIpc) is 2.42. The second-order valence-corrected chi connectivity index (χ2v) is 5.64. The summed E-state index contributed by atoms with van der Waals surface area (Å²) in [7, 11) is 2.07. The van der Waals surface area contributed by atoms with Gasteiger partial charge in [0.15, 0.2) is 5.78 Å². The Kier molecular flexibility index (Phi) is 4.72. The van der Waals surface area contributed by atoms with Crippen LogP contribution in [0.1, 0.15) is 34.3 Å². The molecule has 0 aliphatic carbocycles. The monoisotopic (exact) mass is 260 g/mol. The molecule has 1 fully saturated rings. The molecule has 1 aliphatic rings. The van der Waals surface area contributed by atoms with Gasteiger partial charge in [0.25, 0.3) is 0 Å². The fourth-order valence-electron chi connectivity index (χ4n) is 2.72. The molecular weight excluding hydrogens is 236 g/mol. The molecule has 1 aliphatic heterocycles. The van der Waals surface area contributed by atoms with Crippen molar-refractivity contribution in [3.63, 3.8) is 0 Å². The Morgan fingerprint density at radius 1 is 1.32 bits per heavy atom. The van der Waals surface area contributed by atoms with Gasteiger partial charge in [-0.05, 0) is 58.5 Å². The molecule has 0 aromatic heterocycles. The third kappa shape index (κ3) is 3.64. The Morgan fingerprint density at radius 2 is 2.00 bits per heavy atom. The number of nitrogens with zero attached hydrogens (tertiary/aromatic N) is 1. The van der Waals surface area contributed by atoms with Gasteiger partial charge in [0, 0.05) is 11.6 Å². The molecule has 0 radical (unpaired) electrons. The van der Waals surface area contributed by atoms with Crippen LogP contribution >= 0.6 is 0 Å². The van der Waals surface area contributed by atoms with Gasteiger partial charge in [-0.2, -0.15) is 0 Å². The van der Waals surface area contributed by atoms with Crippen LogP contribution in [0.5, 0.6) is 0 Å². The lowest BCUT2D eigenvalue weighted by Crippen LogP contribution is -2.43. The molecule has 0 amide bonds. The lowest BCUT2D eigenvalue weighted by Gasteiger charge is -2.31. The van der Waals surface area contributed by atoms with Crippen molar-refractivity contribution in [1.82, 2.24) is 10.2 Å². The SMILES string of the molecule is Cc1ccc(C)c(C(=O)CN(C)C2CCNCC2)c1. The first-order chi connectivity index (χ1) is 9.08. The summed E-state index contributed by atoms with van der Waals surface area (Å²) in [6.45, 7) is 6.69. The molecule has 104 valence electrons. The van der Waals surface area contributed by atoms with Gasteiger partial charge in [0.1, 0.15) is 0 Å². The molecule has 1 N–H and O–H groups in total. The number of carbonyl (C=O) groups excluding carboxylic acids is 1. The number of nitrogens with one attached hydrogen (secondary N) is 1. The standard InChI is InChI=1S/C16H24N2O/c1-12-4-5-13(2)15(10-12)16(19)11-18(3)14-6-8-17-9-7-14/h4-5,10,14,17H,6-9,11H2,1-3H3. The molecule has 3 heteroatoms. The largest absolute Gasteiger partial charge is 0.317 e. The zero-order chi connectivity index (χ0) is 13.8. The van der Waals surface area contributed by atoms with E-state index in [0.29, 0.717) is 12.6 Å². The molecule has 0 atom stereocenters. The molecule has 1 saturated heterocycles. The van der Waals surface area contributed by atoms with E-state index < -0.39 is 0 Å². The molecule has 0 bridgehead atoms. The molecule has 0 saturated carbocycles. The molecular formula is C16H24N2O. The number of likely N-dealkylation sites (N-methyl/N-ethyl adjacent to an activating group) is 1. The van der Waals surface area contributed by atoms with E-state index in [4.69, 9.17) is 0 Å². The average molecular weight is 260 g/mol. The first kappa shape index (κ1) is 14.2. The van der Waals surface area contributed by atoms with E-state index >= 15 is 0 Å². The number of piperidine rings is 1. The van der Waals surface area contributed by atoms with Gasteiger partial charge in [0.2, 0.25) is 0 Å². The van der Waals surface area contributed by atoms with Gasteiger partial charge in [-0.1, -0.05) is 17.7 Å². The van der Waals surface area contributed by atoms with Gasteiger partial charge in [-0.25, -0.2) is 0 Å². The number of Topliss-reactive ketones (excluding diaryl/α,β-unsaturated/α-hetero) is 1. The van der Waals surface area contributed by atoms with Crippen molar-refractivity contribution in [2.24, 2.45) is 0 Å². The number of hydrogen-bond donors (Lipinski definition) is 1. The molecule has 1 aromatic carbocycles. The summed E-state index contributed by atoms with van der Waals surface area (Å²) >= 11 is 0. The Morgan fingerprint density at radius 3 is 2.68 bits per heavy atom. The van der Waals surface area contributed by atoms with Crippen LogP contribution in [0.15, 0.2) is 18.2 Å². The fraction of sp³-hybridized carbons (Fsp3) is 0.562. The Bertz CT molecular complexity index is 450. The smallest absolute Gasteiger partial charge is 0.177 e. The van der Waals surface area contributed by atoms with E-state index in [0.717, 1.165) is 42.6 Å². The maximum atomic E-state index is 12.4. The molecule has 1 aromatic rings. The van der Waals surface area contributed by atoms with Crippen molar-refractivity contribution in [3.8, 4) is 0 Å². The summed E-state index contributed by atoms with van der Waals surface area (Å²) in [5.74, 6) is 0.238. The normalized spacial score (nSPS) is 16.8. The molecule has 2 rings (SSSR count). The van der Waals surface area contributed by atoms with Crippen LogP contribution in [0.2, 0.25) is 0 Å². The summed E-state index contributed by atoms with van der Waals surface area (Å²) in [5, 5.41) is 3.36. The third-order valence-corrected chi connectivity index (χ3v) is 4.02. The van der Waals surface area contributed by atoms with Crippen LogP contribution in [0.25, 0.3) is 0 Å². The van der Waals surface area contributed by atoms with Crippen molar-refractivity contribution >= 4 is 5.78 Å².